The molecule has 10 heteroatoms. The van der Waals surface area contributed by atoms with Crippen molar-refractivity contribution in [1.82, 2.24) is 9.88 Å². The highest BCUT2D eigenvalue weighted by molar-refractivity contribution is 7.16. The number of nitrogens with one attached hydrogen (secondary N) is 1. The molecule has 0 saturated carbocycles. The molecule has 5 rings (SSSR count). The molecule has 0 saturated heterocycles. The summed E-state index contributed by atoms with van der Waals surface area (Å²) in [6.07, 6.45) is 0.684. The molecule has 0 bridgehead atoms. The molecule has 1 N–H and O–H groups in total. The number of hydrogen-bond donors (Lipinski definition) is 1. The number of likely N-dealkylation sites (N-methyl/N-ethyl adjacent to an activating group) is 1. The molecule has 2 aliphatic rings. The smallest absolute Gasteiger partial charge is 0.264 e. The number of hydrogen-bond acceptors (Lipinski definition) is 7. The topological polar surface area (TPSA) is 109 Å². The van der Waals surface area contributed by atoms with E-state index in [9.17, 15) is 19.2 Å². The van der Waals surface area contributed by atoms with Crippen LogP contribution in [0.5, 0.6) is 5.75 Å². The second kappa shape index (κ2) is 8.38. The number of thiazole rings is 1. The van der Waals surface area contributed by atoms with E-state index >= 15 is 0 Å². The van der Waals surface area contributed by atoms with Crippen molar-refractivity contribution in [3.8, 4) is 17.0 Å². The van der Waals surface area contributed by atoms with Crippen LogP contribution in [0.25, 0.3) is 11.3 Å². The van der Waals surface area contributed by atoms with Gasteiger partial charge in [-0.25, -0.2) is 4.98 Å². The highest BCUT2D eigenvalue weighted by atomic mass is 32.1. The first-order chi connectivity index (χ1) is 16.4. The minimum absolute atomic E-state index is 0.00302. The molecule has 2 aliphatic heterocycles. The molecule has 0 radical (unpaired) electrons. The molecule has 3 heterocycles. The van der Waals surface area contributed by atoms with Gasteiger partial charge in [-0.05, 0) is 36.8 Å². The lowest BCUT2D eigenvalue weighted by Crippen LogP contribution is -2.37. The van der Waals surface area contributed by atoms with Crippen LogP contribution in [0.15, 0.2) is 42.5 Å². The second-order valence-electron chi connectivity index (χ2n) is 7.86. The summed E-state index contributed by atoms with van der Waals surface area (Å²) < 4.78 is 5.49. The number of carbonyl (C=O) groups is 4. The van der Waals surface area contributed by atoms with E-state index < -0.39 is 24.3 Å². The van der Waals surface area contributed by atoms with Gasteiger partial charge in [0.1, 0.15) is 12.3 Å². The first-order valence-electron chi connectivity index (χ1n) is 10.7. The van der Waals surface area contributed by atoms with E-state index in [1.165, 1.54) is 11.3 Å². The SMILES string of the molecule is CCc1sc(NC(=O)CN2C(=O)c3ccccc3C2=O)nc1-c1ccc2c(c1)N(C)C(=O)CO2. The van der Waals surface area contributed by atoms with Crippen LogP contribution in [0.1, 0.15) is 32.5 Å². The number of ether oxygens (including phenoxy) is 1. The van der Waals surface area contributed by atoms with E-state index in [1.54, 1.807) is 42.3 Å². The van der Waals surface area contributed by atoms with Gasteiger partial charge in [-0.2, -0.15) is 0 Å². The molecule has 0 unspecified atom stereocenters. The van der Waals surface area contributed by atoms with Crippen molar-refractivity contribution in [2.75, 3.05) is 30.4 Å². The molecular weight excluding hydrogens is 456 g/mol. The Kier molecular flexibility index (Phi) is 5.37. The number of amides is 4. The fourth-order valence-electron chi connectivity index (χ4n) is 3.98. The maximum atomic E-state index is 12.7. The molecule has 0 aliphatic carbocycles. The van der Waals surface area contributed by atoms with E-state index in [2.05, 4.69) is 10.3 Å². The van der Waals surface area contributed by atoms with E-state index in [4.69, 9.17) is 4.74 Å². The second-order valence-corrected chi connectivity index (χ2v) is 8.94. The third-order valence-electron chi connectivity index (χ3n) is 5.76. The quantitative estimate of drug-likeness (QED) is 0.567. The Morgan fingerprint density at radius 1 is 1.12 bits per heavy atom. The number of fused-ring (bicyclic) bond motifs is 2. The predicted octanol–water partition coefficient (Wildman–Crippen LogP) is 2.96. The van der Waals surface area contributed by atoms with Gasteiger partial charge in [0.05, 0.1) is 22.5 Å². The lowest BCUT2D eigenvalue weighted by Gasteiger charge is -2.26. The molecule has 3 aromatic rings. The van der Waals surface area contributed by atoms with Crippen LogP contribution in [0, 0.1) is 0 Å². The lowest BCUT2D eigenvalue weighted by molar-refractivity contribution is -0.121. The van der Waals surface area contributed by atoms with Crippen LogP contribution >= 0.6 is 11.3 Å². The van der Waals surface area contributed by atoms with Gasteiger partial charge < -0.3 is 15.0 Å². The van der Waals surface area contributed by atoms with Crippen molar-refractivity contribution in [3.63, 3.8) is 0 Å². The molecular formula is C24H20N4O5S. The third-order valence-corrected chi connectivity index (χ3v) is 6.88. The summed E-state index contributed by atoms with van der Waals surface area (Å²) >= 11 is 1.33. The lowest BCUT2D eigenvalue weighted by atomic mass is 10.1. The summed E-state index contributed by atoms with van der Waals surface area (Å²) in [5.74, 6) is -1.01. The predicted molar refractivity (Wildman–Crippen MR) is 126 cm³/mol. The monoisotopic (exact) mass is 476 g/mol. The molecule has 0 spiro atoms. The van der Waals surface area contributed by atoms with Gasteiger partial charge in [0.2, 0.25) is 5.91 Å². The summed E-state index contributed by atoms with van der Waals surface area (Å²) in [4.78, 5) is 57.7. The Balaban J connectivity index is 1.36. The van der Waals surface area contributed by atoms with Crippen LogP contribution in [-0.2, 0) is 16.0 Å². The van der Waals surface area contributed by atoms with Crippen molar-refractivity contribution in [2.45, 2.75) is 13.3 Å². The maximum Gasteiger partial charge on any atom is 0.264 e. The number of carbonyl (C=O) groups excluding carboxylic acids is 4. The first kappa shape index (κ1) is 21.8. The normalized spacial score (nSPS) is 14.7. The number of aryl methyl sites for hydroxylation is 1. The molecule has 0 fully saturated rings. The number of nitrogens with zero attached hydrogens (tertiary/aromatic N) is 3. The number of aromatic nitrogens is 1. The van der Waals surface area contributed by atoms with Crippen LogP contribution in [0.3, 0.4) is 0 Å². The Morgan fingerprint density at radius 3 is 2.50 bits per heavy atom. The van der Waals surface area contributed by atoms with E-state index in [0.717, 1.165) is 15.3 Å². The van der Waals surface area contributed by atoms with Gasteiger partial charge in [-0.3, -0.25) is 24.1 Å². The summed E-state index contributed by atoms with van der Waals surface area (Å²) in [5.41, 5.74) is 2.73. The molecule has 172 valence electrons. The molecule has 4 amide bonds. The van der Waals surface area contributed by atoms with Crippen LogP contribution < -0.4 is 15.0 Å². The molecule has 0 atom stereocenters. The highest BCUT2D eigenvalue weighted by Gasteiger charge is 2.36. The zero-order valence-corrected chi connectivity index (χ0v) is 19.3. The zero-order chi connectivity index (χ0) is 24.0. The Bertz CT molecular complexity index is 1330. The summed E-state index contributed by atoms with van der Waals surface area (Å²) in [7, 11) is 1.69. The molecule has 34 heavy (non-hydrogen) atoms. The van der Waals surface area contributed by atoms with E-state index in [0.29, 0.717) is 39.8 Å². The van der Waals surface area contributed by atoms with Crippen molar-refractivity contribution >= 4 is 45.8 Å². The standard InChI is InChI=1S/C24H20N4O5S/c1-3-18-21(13-8-9-17-16(10-13)27(2)20(30)12-33-17)26-24(34-18)25-19(29)11-28-22(31)14-6-4-5-7-15(14)23(28)32/h4-10H,3,11-12H2,1-2H3,(H,25,26,29). The molecule has 9 nitrogen and oxygen atoms in total. The Morgan fingerprint density at radius 2 is 1.82 bits per heavy atom. The summed E-state index contributed by atoms with van der Waals surface area (Å²) in [5, 5.41) is 3.08. The van der Waals surface area contributed by atoms with E-state index in [-0.39, 0.29) is 12.5 Å². The van der Waals surface area contributed by atoms with Crippen LogP contribution in [0.4, 0.5) is 10.8 Å². The highest BCUT2D eigenvalue weighted by Crippen LogP contribution is 2.38. The summed E-state index contributed by atoms with van der Waals surface area (Å²) in [6.45, 7) is 1.59. The Labute approximate surface area is 199 Å². The number of imide groups is 1. The average molecular weight is 477 g/mol. The van der Waals surface area contributed by atoms with Gasteiger partial charge in [0.25, 0.3) is 17.7 Å². The van der Waals surface area contributed by atoms with Gasteiger partial charge in [-0.1, -0.05) is 19.1 Å². The number of anilines is 2. The number of rotatable bonds is 5. The minimum Gasteiger partial charge on any atom is -0.482 e. The van der Waals surface area contributed by atoms with Crippen molar-refractivity contribution in [2.24, 2.45) is 0 Å². The number of benzene rings is 2. The third kappa shape index (κ3) is 3.61. The van der Waals surface area contributed by atoms with Crippen LogP contribution in [-0.4, -0.2) is 53.7 Å². The maximum absolute atomic E-state index is 12.7. The van der Waals surface area contributed by atoms with E-state index in [1.807, 2.05) is 19.1 Å². The fraction of sp³-hybridized carbons (Fsp3) is 0.208. The van der Waals surface area contributed by atoms with Crippen molar-refractivity contribution in [3.05, 3.63) is 58.5 Å². The fourth-order valence-corrected chi connectivity index (χ4v) is 4.91. The summed E-state index contributed by atoms with van der Waals surface area (Å²) in [6, 6.07) is 12.0. The van der Waals surface area contributed by atoms with Gasteiger partial charge >= 0.3 is 0 Å². The largest absolute Gasteiger partial charge is 0.482 e. The zero-order valence-electron chi connectivity index (χ0n) is 18.5. The van der Waals surface area contributed by atoms with Gasteiger partial charge in [-0.15, -0.1) is 11.3 Å². The first-order valence-corrected chi connectivity index (χ1v) is 11.5. The minimum atomic E-state index is -0.512. The Hall–Kier alpha value is -4.05. The van der Waals surface area contributed by atoms with Gasteiger partial charge in [0, 0.05) is 17.5 Å². The van der Waals surface area contributed by atoms with Crippen molar-refractivity contribution < 1.29 is 23.9 Å². The molecule has 1 aromatic heterocycles. The van der Waals surface area contributed by atoms with Crippen molar-refractivity contribution in [1.29, 1.82) is 0 Å². The van der Waals surface area contributed by atoms with Gasteiger partial charge in [0.15, 0.2) is 11.7 Å². The molecule has 2 aromatic carbocycles. The average Bonchev–Trinajstić information content (AvgIpc) is 3.36. The van der Waals surface area contributed by atoms with Crippen LogP contribution in [0.2, 0.25) is 0 Å².